The monoisotopic (exact) mass is 201 g/mol. The molecule has 3 atom stereocenters. The van der Waals surface area contributed by atoms with Crippen molar-refractivity contribution in [2.45, 2.75) is 44.4 Å². The lowest BCUT2D eigenvalue weighted by atomic mass is 10.0. The molecule has 2 saturated heterocycles. The maximum absolute atomic E-state index is 10.2. The Balaban J connectivity index is 2.06. The maximum Gasteiger partial charge on any atom is 0.163 e. The number of rotatable bonds is 2. The van der Waals surface area contributed by atoms with Gasteiger partial charge in [-0.05, 0) is 20.3 Å². The molecule has 0 radical (unpaired) electrons. The van der Waals surface area contributed by atoms with E-state index in [9.17, 15) is 4.91 Å². The van der Waals surface area contributed by atoms with Crippen LogP contribution in [0.5, 0.6) is 0 Å². The summed E-state index contributed by atoms with van der Waals surface area (Å²) in [6.07, 6.45) is 0.485. The van der Waals surface area contributed by atoms with Gasteiger partial charge in [0.05, 0.1) is 6.10 Å². The van der Waals surface area contributed by atoms with E-state index < -0.39 is 5.79 Å². The Labute approximate surface area is 82.7 Å². The average molecular weight is 201 g/mol. The minimum absolute atomic E-state index is 0.0468. The van der Waals surface area contributed by atoms with Crippen molar-refractivity contribution in [1.82, 2.24) is 0 Å². The third-order valence-electron chi connectivity index (χ3n) is 2.58. The van der Waals surface area contributed by atoms with Gasteiger partial charge in [-0.2, -0.15) is 4.91 Å². The summed E-state index contributed by atoms with van der Waals surface area (Å²) in [4.78, 5) is 10.2. The Morgan fingerprint density at radius 2 is 2.21 bits per heavy atom. The Morgan fingerprint density at radius 3 is 2.93 bits per heavy atom. The molecule has 14 heavy (non-hydrogen) atoms. The molecule has 0 aromatic carbocycles. The van der Waals surface area contributed by atoms with Crippen LogP contribution in [0.3, 0.4) is 0 Å². The molecule has 0 saturated carbocycles. The van der Waals surface area contributed by atoms with Crippen molar-refractivity contribution >= 4 is 0 Å². The molecule has 0 aromatic rings. The highest BCUT2D eigenvalue weighted by Gasteiger charge is 2.47. The van der Waals surface area contributed by atoms with Crippen LogP contribution >= 0.6 is 0 Å². The van der Waals surface area contributed by atoms with E-state index in [2.05, 4.69) is 5.18 Å². The van der Waals surface area contributed by atoms with Gasteiger partial charge in [0.1, 0.15) is 18.8 Å². The minimum Gasteiger partial charge on any atom is -0.373 e. The minimum atomic E-state index is -0.565. The first-order chi connectivity index (χ1) is 6.62. The Kier molecular flexibility index (Phi) is 2.55. The second-order valence-corrected chi connectivity index (χ2v) is 4.15. The molecule has 0 amide bonds. The van der Waals surface area contributed by atoms with Crippen molar-refractivity contribution in [1.29, 1.82) is 0 Å². The van der Waals surface area contributed by atoms with Gasteiger partial charge in [0, 0.05) is 6.61 Å². The Bertz CT molecular complexity index is 231. The zero-order valence-corrected chi connectivity index (χ0v) is 8.43. The summed E-state index contributed by atoms with van der Waals surface area (Å²) in [6, 6.07) is 0. The van der Waals surface area contributed by atoms with Crippen LogP contribution in [0.4, 0.5) is 0 Å². The lowest BCUT2D eigenvalue weighted by Crippen LogP contribution is -2.44. The molecule has 0 spiro atoms. The molecule has 5 heteroatoms. The number of ether oxygens (including phenoxy) is 3. The van der Waals surface area contributed by atoms with Crippen LogP contribution in [0, 0.1) is 4.91 Å². The van der Waals surface area contributed by atoms with Crippen LogP contribution in [0.1, 0.15) is 20.3 Å². The van der Waals surface area contributed by atoms with Crippen LogP contribution in [0.2, 0.25) is 0 Å². The number of hydrogen-bond donors (Lipinski definition) is 0. The van der Waals surface area contributed by atoms with E-state index in [0.717, 1.165) is 6.42 Å². The van der Waals surface area contributed by atoms with E-state index >= 15 is 0 Å². The fourth-order valence-electron chi connectivity index (χ4n) is 2.06. The first-order valence-electron chi connectivity index (χ1n) is 4.89. The molecular formula is C9H15NO4. The van der Waals surface area contributed by atoms with Gasteiger partial charge in [-0.1, -0.05) is 5.18 Å². The molecule has 2 fully saturated rings. The van der Waals surface area contributed by atoms with Crippen molar-refractivity contribution in [2.24, 2.45) is 5.18 Å². The van der Waals surface area contributed by atoms with E-state index in [4.69, 9.17) is 14.2 Å². The van der Waals surface area contributed by atoms with Crippen LogP contribution < -0.4 is 0 Å². The predicted molar refractivity (Wildman–Crippen MR) is 48.8 cm³/mol. The fraction of sp³-hybridized carbons (Fsp3) is 1.00. The molecule has 2 heterocycles. The van der Waals surface area contributed by atoms with Crippen molar-refractivity contribution in [3.8, 4) is 0 Å². The normalized spacial score (nSPS) is 40.6. The fourth-order valence-corrected chi connectivity index (χ4v) is 2.06. The van der Waals surface area contributed by atoms with Gasteiger partial charge in [-0.3, -0.25) is 0 Å². The lowest BCUT2D eigenvalue weighted by Gasteiger charge is -2.29. The second-order valence-electron chi connectivity index (χ2n) is 4.15. The van der Waals surface area contributed by atoms with Crippen LogP contribution in [-0.4, -0.2) is 37.3 Å². The molecule has 2 rings (SSSR count). The van der Waals surface area contributed by atoms with Gasteiger partial charge in [0.2, 0.25) is 0 Å². The van der Waals surface area contributed by atoms with Crippen molar-refractivity contribution in [3.05, 3.63) is 4.91 Å². The van der Waals surface area contributed by atoms with Crippen molar-refractivity contribution in [2.75, 3.05) is 13.2 Å². The number of fused-ring (bicyclic) bond motifs is 1. The van der Waals surface area contributed by atoms with Crippen LogP contribution in [-0.2, 0) is 14.2 Å². The molecule has 0 aliphatic carbocycles. The summed E-state index contributed by atoms with van der Waals surface area (Å²) in [6.45, 7) is 4.49. The molecular weight excluding hydrogens is 186 g/mol. The zero-order chi connectivity index (χ0) is 10.2. The van der Waals surface area contributed by atoms with Crippen molar-refractivity contribution < 1.29 is 14.2 Å². The third-order valence-corrected chi connectivity index (χ3v) is 2.58. The first kappa shape index (κ1) is 10.0. The summed E-state index contributed by atoms with van der Waals surface area (Å²) in [5.41, 5.74) is 0. The molecule has 0 aromatic heterocycles. The standard InChI is InChI=1S/C9H15NO4/c1-9(2)13-6-3-4-12-7(5-10-11)8(6)14-9/h6-8H,3-5H2,1-2H3/t6-,7-,8-/m1/s1. The highest BCUT2D eigenvalue weighted by molar-refractivity contribution is 4.90. The Hall–Kier alpha value is -0.520. The zero-order valence-electron chi connectivity index (χ0n) is 8.43. The average Bonchev–Trinajstić information content (AvgIpc) is 2.41. The van der Waals surface area contributed by atoms with Gasteiger partial charge in [0.15, 0.2) is 5.79 Å². The predicted octanol–water partition coefficient (Wildman–Crippen LogP) is 1.06. The van der Waals surface area contributed by atoms with Gasteiger partial charge >= 0.3 is 0 Å². The Morgan fingerprint density at radius 1 is 1.43 bits per heavy atom. The SMILES string of the molecule is CC1(C)O[C@H]2[C@@H](CN=O)OCC[C@H]2O1. The second kappa shape index (κ2) is 3.56. The summed E-state index contributed by atoms with van der Waals surface area (Å²) in [7, 11) is 0. The van der Waals surface area contributed by atoms with Crippen LogP contribution in [0.15, 0.2) is 5.18 Å². The lowest BCUT2D eigenvalue weighted by molar-refractivity contribution is -0.152. The molecule has 80 valence electrons. The molecule has 0 N–H and O–H groups in total. The summed E-state index contributed by atoms with van der Waals surface area (Å²) < 4.78 is 16.8. The van der Waals surface area contributed by atoms with Gasteiger partial charge in [-0.25, -0.2) is 0 Å². The summed E-state index contributed by atoms with van der Waals surface area (Å²) >= 11 is 0. The molecule has 5 nitrogen and oxygen atoms in total. The maximum atomic E-state index is 10.2. The smallest absolute Gasteiger partial charge is 0.163 e. The molecule has 2 aliphatic rings. The summed E-state index contributed by atoms with van der Waals surface area (Å²) in [5, 5.41) is 2.86. The summed E-state index contributed by atoms with van der Waals surface area (Å²) in [5.74, 6) is -0.565. The molecule has 0 bridgehead atoms. The molecule has 0 unspecified atom stereocenters. The number of nitroso groups, excluding NO2 is 1. The topological polar surface area (TPSA) is 57.1 Å². The largest absolute Gasteiger partial charge is 0.373 e. The van der Waals surface area contributed by atoms with E-state index in [1.165, 1.54) is 0 Å². The highest BCUT2D eigenvalue weighted by Crippen LogP contribution is 2.35. The third kappa shape index (κ3) is 1.80. The van der Waals surface area contributed by atoms with Crippen LogP contribution in [0.25, 0.3) is 0 Å². The van der Waals surface area contributed by atoms with E-state index in [1.54, 1.807) is 0 Å². The molecule has 2 aliphatic heterocycles. The van der Waals surface area contributed by atoms with Crippen molar-refractivity contribution in [3.63, 3.8) is 0 Å². The van der Waals surface area contributed by atoms with Gasteiger partial charge in [-0.15, -0.1) is 0 Å². The van der Waals surface area contributed by atoms with E-state index in [-0.39, 0.29) is 24.9 Å². The highest BCUT2D eigenvalue weighted by atomic mass is 16.8. The first-order valence-corrected chi connectivity index (χ1v) is 4.89. The van der Waals surface area contributed by atoms with Gasteiger partial charge in [0.25, 0.3) is 0 Å². The van der Waals surface area contributed by atoms with Gasteiger partial charge < -0.3 is 14.2 Å². The van der Waals surface area contributed by atoms with E-state index in [0.29, 0.717) is 6.61 Å². The number of hydrogen-bond acceptors (Lipinski definition) is 5. The quantitative estimate of drug-likeness (QED) is 0.627. The number of nitrogens with zero attached hydrogens (tertiary/aromatic N) is 1. The van der Waals surface area contributed by atoms with E-state index in [1.807, 2.05) is 13.8 Å².